The van der Waals surface area contributed by atoms with Crippen LogP contribution in [0.15, 0.2) is 24.3 Å². The minimum Gasteiger partial charge on any atom is -0.454 e. The normalized spacial score (nSPS) is 17.0. The molecule has 0 radical (unpaired) electrons. The molecule has 2 aromatic rings. The van der Waals surface area contributed by atoms with Crippen LogP contribution in [0.2, 0.25) is 10.0 Å². The maximum atomic E-state index is 12.6. The number of halogens is 2. The van der Waals surface area contributed by atoms with Crippen molar-refractivity contribution in [3.05, 3.63) is 45.4 Å². The summed E-state index contributed by atoms with van der Waals surface area (Å²) >= 11 is 12.1. The Labute approximate surface area is 145 Å². The van der Waals surface area contributed by atoms with Gasteiger partial charge in [0, 0.05) is 23.3 Å². The fourth-order valence-corrected chi connectivity index (χ4v) is 2.87. The van der Waals surface area contributed by atoms with Crippen molar-refractivity contribution in [3.63, 3.8) is 0 Å². The Balaban J connectivity index is 1.64. The first-order chi connectivity index (χ1) is 11.6. The molecule has 1 atom stereocenters. The summed E-state index contributed by atoms with van der Waals surface area (Å²) in [5.41, 5.74) is 0.425. The van der Waals surface area contributed by atoms with Gasteiger partial charge in [-0.3, -0.25) is 9.59 Å². The van der Waals surface area contributed by atoms with Crippen LogP contribution in [0.3, 0.4) is 0 Å². The Morgan fingerprint density at radius 1 is 0.958 bits per heavy atom. The second-order valence-corrected chi connectivity index (χ2v) is 5.87. The zero-order chi connectivity index (χ0) is 16.8. The molecule has 2 aliphatic heterocycles. The Kier molecular flexibility index (Phi) is 3.51. The first-order valence-electron chi connectivity index (χ1n) is 6.82. The third kappa shape index (κ3) is 2.35. The minimum atomic E-state index is -1.23. The van der Waals surface area contributed by atoms with E-state index in [2.05, 4.69) is 0 Å². The van der Waals surface area contributed by atoms with Crippen molar-refractivity contribution in [2.24, 2.45) is 0 Å². The van der Waals surface area contributed by atoms with Gasteiger partial charge < -0.3 is 18.9 Å². The molecule has 1 unspecified atom stereocenters. The van der Waals surface area contributed by atoms with Crippen LogP contribution < -0.4 is 18.9 Å². The predicted octanol–water partition coefficient (Wildman–Crippen LogP) is 3.51. The highest BCUT2D eigenvalue weighted by molar-refractivity contribution is 6.34. The molecule has 0 saturated carbocycles. The lowest BCUT2D eigenvalue weighted by atomic mass is 10.1. The van der Waals surface area contributed by atoms with Crippen molar-refractivity contribution >= 4 is 35.3 Å². The van der Waals surface area contributed by atoms with Crippen molar-refractivity contribution in [3.8, 4) is 23.0 Å². The Morgan fingerprint density at radius 3 is 2.29 bits per heavy atom. The quantitative estimate of drug-likeness (QED) is 0.611. The van der Waals surface area contributed by atoms with E-state index in [1.165, 1.54) is 24.3 Å². The Hall–Kier alpha value is -2.44. The smallest absolute Gasteiger partial charge is 0.305 e. The van der Waals surface area contributed by atoms with Gasteiger partial charge in [-0.05, 0) is 12.1 Å². The zero-order valence-corrected chi connectivity index (χ0v) is 13.4. The summed E-state index contributed by atoms with van der Waals surface area (Å²) < 4.78 is 21.4. The zero-order valence-electron chi connectivity index (χ0n) is 11.9. The average molecular weight is 367 g/mol. The maximum absolute atomic E-state index is 12.6. The fraction of sp³-hybridized carbons (Fsp3) is 0.125. The van der Waals surface area contributed by atoms with Crippen LogP contribution in [-0.4, -0.2) is 25.2 Å². The number of ketones is 1. The molecule has 0 bridgehead atoms. The van der Waals surface area contributed by atoms with Crippen LogP contribution in [0, 0.1) is 0 Å². The summed E-state index contributed by atoms with van der Waals surface area (Å²) in [5, 5.41) is 0.403. The van der Waals surface area contributed by atoms with Crippen LogP contribution in [0.4, 0.5) is 0 Å². The lowest BCUT2D eigenvalue weighted by Gasteiger charge is -2.10. The molecule has 0 spiro atoms. The van der Waals surface area contributed by atoms with Crippen molar-refractivity contribution in [1.82, 2.24) is 0 Å². The van der Waals surface area contributed by atoms with E-state index >= 15 is 0 Å². The molecule has 0 fully saturated rings. The number of hydrogen-bond acceptors (Lipinski definition) is 6. The Morgan fingerprint density at radius 2 is 1.58 bits per heavy atom. The van der Waals surface area contributed by atoms with E-state index in [-0.39, 0.29) is 39.5 Å². The topological polar surface area (TPSA) is 71.1 Å². The number of rotatable bonds is 3. The molecule has 2 aliphatic rings. The van der Waals surface area contributed by atoms with Gasteiger partial charge in [0.15, 0.2) is 29.3 Å². The van der Waals surface area contributed by atoms with Gasteiger partial charge in [-0.2, -0.15) is 0 Å². The SMILES string of the molecule is O=Cc1cc2c(cc1Cl)OC(C(=O)c1cc3c(cc1Cl)OCO3)O2. The molecule has 6 nitrogen and oxygen atoms in total. The number of carbonyl (C=O) groups is 2. The molecule has 0 saturated heterocycles. The van der Waals surface area contributed by atoms with Gasteiger partial charge in [0.05, 0.1) is 10.0 Å². The number of carbonyl (C=O) groups excluding carboxylic acids is 2. The third-order valence-electron chi connectivity index (χ3n) is 3.60. The fourth-order valence-electron chi connectivity index (χ4n) is 2.42. The number of aldehydes is 1. The lowest BCUT2D eigenvalue weighted by molar-refractivity contribution is 0.0371. The van der Waals surface area contributed by atoms with Gasteiger partial charge in [-0.25, -0.2) is 0 Å². The van der Waals surface area contributed by atoms with Crippen LogP contribution in [0.5, 0.6) is 23.0 Å². The molecule has 8 heteroatoms. The van der Waals surface area contributed by atoms with E-state index in [1.54, 1.807) is 0 Å². The molecule has 0 N–H and O–H groups in total. The van der Waals surface area contributed by atoms with Crippen LogP contribution in [-0.2, 0) is 0 Å². The molecule has 0 amide bonds. The van der Waals surface area contributed by atoms with Crippen molar-refractivity contribution in [1.29, 1.82) is 0 Å². The van der Waals surface area contributed by atoms with Crippen LogP contribution in [0.1, 0.15) is 20.7 Å². The van der Waals surface area contributed by atoms with E-state index in [0.717, 1.165) is 0 Å². The number of ether oxygens (including phenoxy) is 4. The molecular formula is C16H8Cl2O6. The van der Waals surface area contributed by atoms with Crippen LogP contribution >= 0.6 is 23.2 Å². The second kappa shape index (κ2) is 5.58. The van der Waals surface area contributed by atoms with E-state index in [4.69, 9.17) is 42.1 Å². The minimum absolute atomic E-state index is 0.0676. The predicted molar refractivity (Wildman–Crippen MR) is 83.8 cm³/mol. The molecule has 2 aromatic carbocycles. The molecule has 122 valence electrons. The highest BCUT2D eigenvalue weighted by atomic mass is 35.5. The van der Waals surface area contributed by atoms with Gasteiger partial charge in [0.2, 0.25) is 12.6 Å². The first kappa shape index (κ1) is 15.1. The van der Waals surface area contributed by atoms with E-state index in [0.29, 0.717) is 17.8 Å². The van der Waals surface area contributed by atoms with E-state index in [1.807, 2.05) is 0 Å². The third-order valence-corrected chi connectivity index (χ3v) is 4.24. The molecular weight excluding hydrogens is 359 g/mol. The van der Waals surface area contributed by atoms with E-state index < -0.39 is 12.1 Å². The van der Waals surface area contributed by atoms with Gasteiger partial charge in [0.1, 0.15) is 0 Å². The molecule has 2 heterocycles. The number of fused-ring (bicyclic) bond motifs is 2. The van der Waals surface area contributed by atoms with Gasteiger partial charge in [-0.15, -0.1) is 0 Å². The van der Waals surface area contributed by atoms with Crippen LogP contribution in [0.25, 0.3) is 0 Å². The van der Waals surface area contributed by atoms with Crippen molar-refractivity contribution in [2.45, 2.75) is 6.29 Å². The first-order valence-corrected chi connectivity index (χ1v) is 7.58. The number of benzene rings is 2. The molecule has 0 aromatic heterocycles. The largest absolute Gasteiger partial charge is 0.454 e. The average Bonchev–Trinajstić information content (AvgIpc) is 3.18. The monoisotopic (exact) mass is 366 g/mol. The van der Waals surface area contributed by atoms with Gasteiger partial charge >= 0.3 is 6.29 Å². The summed E-state index contributed by atoms with van der Waals surface area (Å²) in [6, 6.07) is 5.82. The lowest BCUT2D eigenvalue weighted by Crippen LogP contribution is -2.29. The summed E-state index contributed by atoms with van der Waals surface area (Å²) in [5.74, 6) is 0.941. The van der Waals surface area contributed by atoms with Gasteiger partial charge in [0.25, 0.3) is 0 Å². The summed E-state index contributed by atoms with van der Waals surface area (Å²) in [6.45, 7) is 0.0676. The number of hydrogen-bond donors (Lipinski definition) is 0. The molecule has 24 heavy (non-hydrogen) atoms. The Bertz CT molecular complexity index is 879. The standard InChI is InChI=1S/C16H8Cl2O6/c17-9-3-14-13(1-7(9)5-19)23-16(24-14)15(20)8-2-11-12(4-10(8)18)22-6-21-11/h1-5,16H,6H2. The van der Waals surface area contributed by atoms with Gasteiger partial charge in [-0.1, -0.05) is 23.2 Å². The summed E-state index contributed by atoms with van der Waals surface area (Å²) in [6.07, 6.45) is -0.633. The highest BCUT2D eigenvalue weighted by Gasteiger charge is 2.34. The maximum Gasteiger partial charge on any atom is 0.305 e. The molecule has 4 rings (SSSR count). The second-order valence-electron chi connectivity index (χ2n) is 5.06. The summed E-state index contributed by atoms with van der Waals surface area (Å²) in [7, 11) is 0. The van der Waals surface area contributed by atoms with Crippen molar-refractivity contribution in [2.75, 3.05) is 6.79 Å². The van der Waals surface area contributed by atoms with E-state index in [9.17, 15) is 9.59 Å². The molecule has 0 aliphatic carbocycles. The summed E-state index contributed by atoms with van der Waals surface area (Å²) in [4.78, 5) is 23.6. The highest BCUT2D eigenvalue weighted by Crippen LogP contribution is 2.41. The van der Waals surface area contributed by atoms with Crippen molar-refractivity contribution < 1.29 is 28.5 Å². The number of Topliss-reactive ketones (excluding diaryl/α,β-unsaturated/α-hetero) is 1.